The number of phenolic OH excluding ortho intramolecular Hbond substituents is 3. The van der Waals surface area contributed by atoms with Crippen molar-refractivity contribution in [1.29, 1.82) is 0 Å². The molecule has 3 aliphatic rings. The number of benzene rings is 4. The van der Waals surface area contributed by atoms with Crippen molar-refractivity contribution in [2.24, 2.45) is 0 Å². The highest BCUT2D eigenvalue weighted by Gasteiger charge is 2.46. The summed E-state index contributed by atoms with van der Waals surface area (Å²) in [6.45, 7) is -1.20. The van der Waals surface area contributed by atoms with Crippen LogP contribution in [0.4, 0.5) is 0 Å². The Bertz CT molecular complexity index is 1980. The number of rotatable bonds is 10. The standard InChI is InChI=1S/C40H42O16/c41-16-28-32(46)34(48)36(50)39(55-28)52-24-7-3-18(4-8-24)1-2-19-11-26(45)31-27(12-19)54-38(30(31)21-13-22(43)15-23(44)14-21)20-5-9-25(10-6-20)53-40-37(51)35(49)33(47)29(17-42)56-40/h1-15,28-30,32-51H,16-17H2/t28-,29-,30+,32-,33-,34+,35+,36-,37-,38-,39-,40-/m1/s1. The minimum atomic E-state index is -1.62. The van der Waals surface area contributed by atoms with Crippen LogP contribution in [0.2, 0.25) is 0 Å². The van der Waals surface area contributed by atoms with Crippen LogP contribution in [0.5, 0.6) is 34.5 Å². The molecular formula is C40H42O16. The molecule has 11 N–H and O–H groups in total. The lowest BCUT2D eigenvalue weighted by molar-refractivity contribution is -0.277. The molecule has 16 nitrogen and oxygen atoms in total. The summed E-state index contributed by atoms with van der Waals surface area (Å²) in [6, 6.07) is 20.5. The van der Waals surface area contributed by atoms with Crippen LogP contribution in [0.25, 0.3) is 12.2 Å². The quantitative estimate of drug-likeness (QED) is 0.0985. The van der Waals surface area contributed by atoms with E-state index in [9.17, 15) is 56.2 Å². The van der Waals surface area contributed by atoms with Gasteiger partial charge in [-0.2, -0.15) is 0 Å². The molecule has 2 fully saturated rings. The largest absolute Gasteiger partial charge is 0.508 e. The third-order valence-corrected chi connectivity index (χ3v) is 10.1. The average molecular weight is 779 g/mol. The monoisotopic (exact) mass is 778 g/mol. The Morgan fingerprint density at radius 3 is 1.55 bits per heavy atom. The summed E-state index contributed by atoms with van der Waals surface area (Å²) >= 11 is 0. The van der Waals surface area contributed by atoms with E-state index in [1.54, 1.807) is 72.8 Å². The third-order valence-electron chi connectivity index (χ3n) is 10.1. The number of aliphatic hydroxyl groups excluding tert-OH is 8. The number of aromatic hydroxyl groups is 3. The van der Waals surface area contributed by atoms with Gasteiger partial charge in [0.15, 0.2) is 0 Å². The SMILES string of the molecule is OC[C@H]1O[C@@H](Oc2ccc(C=Cc3cc(O)c4c(c3)O[C@H](c3ccc(O[C@@H]5O[C@H](CO)[C@@H](O)[C@H](O)[C@H]5O)cc3)[C@H]4c3cc(O)cc(O)c3)cc2)[C@H](O)[C@@H](O)[C@@H]1O. The van der Waals surface area contributed by atoms with Crippen LogP contribution in [-0.4, -0.2) is 131 Å². The van der Waals surface area contributed by atoms with E-state index in [0.717, 1.165) is 5.56 Å². The minimum absolute atomic E-state index is 0.108. The van der Waals surface area contributed by atoms with Crippen LogP contribution in [0, 0.1) is 0 Å². The van der Waals surface area contributed by atoms with Gasteiger partial charge in [-0.1, -0.05) is 36.4 Å². The van der Waals surface area contributed by atoms with Crippen molar-refractivity contribution in [1.82, 2.24) is 0 Å². The summed E-state index contributed by atoms with van der Waals surface area (Å²) in [5.41, 5.74) is 2.78. The molecule has 0 aliphatic carbocycles. The van der Waals surface area contributed by atoms with Crippen LogP contribution < -0.4 is 14.2 Å². The van der Waals surface area contributed by atoms with Gasteiger partial charge in [0.25, 0.3) is 0 Å². The van der Waals surface area contributed by atoms with Gasteiger partial charge in [0.2, 0.25) is 12.6 Å². The van der Waals surface area contributed by atoms with E-state index in [0.29, 0.717) is 33.8 Å². The predicted molar refractivity (Wildman–Crippen MR) is 194 cm³/mol. The van der Waals surface area contributed by atoms with Gasteiger partial charge in [0.05, 0.1) is 19.1 Å². The van der Waals surface area contributed by atoms with Crippen molar-refractivity contribution in [2.75, 3.05) is 13.2 Å². The lowest BCUT2D eigenvalue weighted by Crippen LogP contribution is -2.60. The molecule has 0 radical (unpaired) electrons. The maximum atomic E-state index is 11.4. The molecule has 16 heteroatoms. The molecule has 3 aliphatic heterocycles. The smallest absolute Gasteiger partial charge is 0.229 e. The van der Waals surface area contributed by atoms with Gasteiger partial charge in [0, 0.05) is 11.6 Å². The zero-order valence-corrected chi connectivity index (χ0v) is 29.5. The fraction of sp³-hybridized carbons (Fsp3) is 0.350. The van der Waals surface area contributed by atoms with Crippen molar-refractivity contribution in [2.45, 2.75) is 73.4 Å². The van der Waals surface area contributed by atoms with Crippen LogP contribution in [0.15, 0.2) is 78.9 Å². The molecule has 7 rings (SSSR count). The number of hydrogen-bond acceptors (Lipinski definition) is 16. The second kappa shape index (κ2) is 16.2. The summed E-state index contributed by atoms with van der Waals surface area (Å²) in [5.74, 6) is -0.342. The maximum absolute atomic E-state index is 11.4. The van der Waals surface area contributed by atoms with Crippen LogP contribution in [0.1, 0.15) is 39.8 Å². The molecule has 56 heavy (non-hydrogen) atoms. The van der Waals surface area contributed by atoms with E-state index in [4.69, 9.17) is 23.7 Å². The average Bonchev–Trinajstić information content (AvgIpc) is 3.58. The molecule has 0 spiro atoms. The summed E-state index contributed by atoms with van der Waals surface area (Å²) in [4.78, 5) is 0. The second-order valence-corrected chi connectivity index (χ2v) is 13.9. The topological polar surface area (TPSA) is 269 Å². The Kier molecular flexibility index (Phi) is 11.4. The summed E-state index contributed by atoms with van der Waals surface area (Å²) < 4.78 is 28.7. The highest BCUT2D eigenvalue weighted by atomic mass is 16.7. The molecule has 0 bridgehead atoms. The lowest BCUT2D eigenvalue weighted by atomic mass is 9.84. The Labute approximate surface area is 319 Å². The first-order valence-corrected chi connectivity index (χ1v) is 17.7. The molecule has 0 unspecified atom stereocenters. The molecule has 2 saturated heterocycles. The van der Waals surface area contributed by atoms with Gasteiger partial charge in [-0.25, -0.2) is 0 Å². The Morgan fingerprint density at radius 2 is 1.04 bits per heavy atom. The number of fused-ring (bicyclic) bond motifs is 1. The Hall–Kier alpha value is -4.98. The number of hydrogen-bond donors (Lipinski definition) is 11. The Balaban J connectivity index is 1.10. The third kappa shape index (κ3) is 7.85. The summed E-state index contributed by atoms with van der Waals surface area (Å²) in [7, 11) is 0. The minimum Gasteiger partial charge on any atom is -0.508 e. The van der Waals surface area contributed by atoms with E-state index < -0.39 is 86.6 Å². The number of ether oxygens (including phenoxy) is 5. The highest BCUT2D eigenvalue weighted by molar-refractivity contribution is 5.73. The molecule has 3 heterocycles. The summed E-state index contributed by atoms with van der Waals surface area (Å²) in [6.07, 6.45) is -11.6. The van der Waals surface area contributed by atoms with Gasteiger partial charge in [-0.3, -0.25) is 0 Å². The highest BCUT2D eigenvalue weighted by Crippen LogP contribution is 2.54. The predicted octanol–water partition coefficient (Wildman–Crippen LogP) is 0.597. The second-order valence-electron chi connectivity index (χ2n) is 13.9. The maximum Gasteiger partial charge on any atom is 0.229 e. The fourth-order valence-corrected chi connectivity index (χ4v) is 7.08. The molecule has 4 aromatic carbocycles. The van der Waals surface area contributed by atoms with Gasteiger partial charge >= 0.3 is 0 Å². The first-order chi connectivity index (χ1) is 26.8. The molecule has 4 aromatic rings. The van der Waals surface area contributed by atoms with Gasteiger partial charge in [-0.05, 0) is 70.8 Å². The molecule has 0 amide bonds. The molecule has 12 atom stereocenters. The van der Waals surface area contributed by atoms with E-state index in [-0.39, 0.29) is 23.0 Å². The van der Waals surface area contributed by atoms with Crippen LogP contribution in [-0.2, 0) is 9.47 Å². The van der Waals surface area contributed by atoms with Crippen molar-refractivity contribution >= 4 is 12.2 Å². The van der Waals surface area contributed by atoms with E-state index in [1.165, 1.54) is 18.2 Å². The molecule has 0 saturated carbocycles. The normalized spacial score (nSPS) is 31.5. The van der Waals surface area contributed by atoms with E-state index in [1.807, 2.05) is 0 Å². The van der Waals surface area contributed by atoms with Crippen molar-refractivity contribution in [3.63, 3.8) is 0 Å². The van der Waals surface area contributed by atoms with Crippen molar-refractivity contribution < 1.29 is 79.9 Å². The fourth-order valence-electron chi connectivity index (χ4n) is 7.08. The van der Waals surface area contributed by atoms with Crippen molar-refractivity contribution in [3.8, 4) is 34.5 Å². The molecule has 298 valence electrons. The van der Waals surface area contributed by atoms with Crippen LogP contribution in [0.3, 0.4) is 0 Å². The zero-order valence-electron chi connectivity index (χ0n) is 29.5. The van der Waals surface area contributed by atoms with Crippen LogP contribution >= 0.6 is 0 Å². The van der Waals surface area contributed by atoms with Gasteiger partial charge in [0.1, 0.15) is 89.4 Å². The van der Waals surface area contributed by atoms with E-state index in [2.05, 4.69) is 0 Å². The molecule has 0 aromatic heterocycles. The lowest BCUT2D eigenvalue weighted by Gasteiger charge is -2.39. The van der Waals surface area contributed by atoms with Gasteiger partial charge in [-0.15, -0.1) is 0 Å². The first-order valence-electron chi connectivity index (χ1n) is 17.7. The summed E-state index contributed by atoms with van der Waals surface area (Å²) in [5, 5.41) is 112. The zero-order chi connectivity index (χ0) is 39.8. The van der Waals surface area contributed by atoms with E-state index >= 15 is 0 Å². The first kappa shape index (κ1) is 39.3. The number of phenols is 3. The Morgan fingerprint density at radius 1 is 0.536 bits per heavy atom. The number of aliphatic hydroxyl groups is 8. The van der Waals surface area contributed by atoms with Gasteiger partial charge < -0.3 is 79.9 Å². The molecular weight excluding hydrogens is 736 g/mol. The van der Waals surface area contributed by atoms with Crippen molar-refractivity contribution in [3.05, 3.63) is 107 Å².